The first-order chi connectivity index (χ1) is 14.5. The van der Waals surface area contributed by atoms with Crippen molar-refractivity contribution in [1.29, 1.82) is 0 Å². The van der Waals surface area contributed by atoms with Crippen LogP contribution in [-0.4, -0.2) is 35.2 Å². The normalized spacial score (nSPS) is 25.3. The van der Waals surface area contributed by atoms with Crippen LogP contribution in [0.4, 0.5) is 5.69 Å². The molecule has 0 radical (unpaired) electrons. The van der Waals surface area contributed by atoms with E-state index in [0.717, 1.165) is 16.8 Å². The number of fused-ring (bicyclic) bond motifs is 2. The van der Waals surface area contributed by atoms with E-state index in [1.807, 2.05) is 60.5 Å². The number of carbonyl (C=O) groups excluding carboxylic acids is 2. The van der Waals surface area contributed by atoms with Gasteiger partial charge in [-0.1, -0.05) is 41.9 Å². The molecule has 0 saturated carbocycles. The number of hydrogen-bond donors (Lipinski definition) is 1. The van der Waals surface area contributed by atoms with E-state index in [1.54, 1.807) is 24.5 Å². The minimum absolute atomic E-state index is 0.0840. The van der Waals surface area contributed by atoms with Crippen LogP contribution in [-0.2, 0) is 10.3 Å². The lowest BCUT2D eigenvalue weighted by Crippen LogP contribution is -2.51. The summed E-state index contributed by atoms with van der Waals surface area (Å²) in [4.78, 5) is 33.5. The van der Waals surface area contributed by atoms with Crippen molar-refractivity contribution in [2.75, 3.05) is 18.9 Å². The van der Waals surface area contributed by atoms with E-state index in [1.165, 1.54) is 0 Å². The lowest BCUT2D eigenvalue weighted by molar-refractivity contribution is -0.126. The minimum atomic E-state index is -1.08. The molecule has 2 aliphatic rings. The fourth-order valence-corrected chi connectivity index (χ4v) is 5.22. The fraction of sp³-hybridized carbons (Fsp3) is 0.208. The third-order valence-corrected chi connectivity index (χ3v) is 6.64. The Morgan fingerprint density at radius 3 is 2.63 bits per heavy atom. The van der Waals surface area contributed by atoms with Gasteiger partial charge in [0.1, 0.15) is 5.54 Å². The Morgan fingerprint density at radius 1 is 1.13 bits per heavy atom. The molecule has 5 rings (SSSR count). The summed E-state index contributed by atoms with van der Waals surface area (Å²) in [5, 5.41) is 3.65. The van der Waals surface area contributed by atoms with E-state index in [0.29, 0.717) is 17.1 Å². The summed E-state index contributed by atoms with van der Waals surface area (Å²) in [6.45, 7) is 0.569. The molecule has 0 unspecified atom stereocenters. The Balaban J connectivity index is 1.73. The average Bonchev–Trinajstić information content (AvgIpc) is 3.24. The van der Waals surface area contributed by atoms with E-state index in [4.69, 9.17) is 11.6 Å². The highest BCUT2D eigenvalue weighted by molar-refractivity contribution is 6.30. The van der Waals surface area contributed by atoms with Gasteiger partial charge in [0.05, 0.1) is 5.92 Å². The van der Waals surface area contributed by atoms with Gasteiger partial charge in [0.25, 0.3) is 0 Å². The number of para-hydroxylation sites is 1. The molecule has 1 fully saturated rings. The van der Waals surface area contributed by atoms with Crippen LogP contribution < -0.4 is 5.32 Å². The smallest absolute Gasteiger partial charge is 0.250 e. The highest BCUT2D eigenvalue weighted by Crippen LogP contribution is 2.55. The summed E-state index contributed by atoms with van der Waals surface area (Å²) >= 11 is 6.10. The molecule has 3 heterocycles. The van der Waals surface area contributed by atoms with Crippen LogP contribution in [0.15, 0.2) is 73.1 Å². The van der Waals surface area contributed by atoms with Crippen molar-refractivity contribution in [3.63, 3.8) is 0 Å². The number of Topliss-reactive ketones (excluding diaryl/α,β-unsaturated/α-hetero) is 1. The standard InChI is InChI=1S/C24H20ClN3O2/c1-28-14-18(15-8-10-17(25)11-9-15)21(22(29)16-5-4-12-26-13-16)24(28)19-6-2-3-7-20(19)27-23(24)30/h2-13,18,21H,14H2,1H3,(H,27,30)/t18-,21+,24-/m1/s1. The Kier molecular flexibility index (Phi) is 4.45. The zero-order chi connectivity index (χ0) is 20.9. The van der Waals surface area contributed by atoms with Gasteiger partial charge in [0, 0.05) is 46.7 Å². The van der Waals surface area contributed by atoms with E-state index in [9.17, 15) is 9.59 Å². The third-order valence-electron chi connectivity index (χ3n) is 6.38. The number of aromatic nitrogens is 1. The molecule has 1 amide bonds. The summed E-state index contributed by atoms with van der Waals surface area (Å²) in [7, 11) is 1.92. The average molecular weight is 418 g/mol. The molecule has 6 heteroatoms. The molecule has 3 aromatic rings. The second-order valence-electron chi connectivity index (χ2n) is 7.89. The van der Waals surface area contributed by atoms with Crippen LogP contribution in [0, 0.1) is 5.92 Å². The Hall–Kier alpha value is -3.02. The number of nitrogens with one attached hydrogen (secondary N) is 1. The summed E-state index contributed by atoms with van der Waals surface area (Å²) in [6, 6.07) is 18.7. The molecule has 150 valence electrons. The van der Waals surface area contributed by atoms with Crippen molar-refractivity contribution in [2.45, 2.75) is 11.5 Å². The quantitative estimate of drug-likeness (QED) is 0.651. The topological polar surface area (TPSA) is 62.3 Å². The molecule has 2 aliphatic heterocycles. The number of rotatable bonds is 3. The number of nitrogens with zero attached hydrogens (tertiary/aromatic N) is 2. The first kappa shape index (κ1) is 19.0. The molecule has 1 aromatic heterocycles. The van der Waals surface area contributed by atoms with Crippen molar-refractivity contribution < 1.29 is 9.59 Å². The second-order valence-corrected chi connectivity index (χ2v) is 8.32. The first-order valence-electron chi connectivity index (χ1n) is 9.85. The Morgan fingerprint density at radius 2 is 1.90 bits per heavy atom. The number of carbonyl (C=O) groups is 2. The predicted molar refractivity (Wildman–Crippen MR) is 116 cm³/mol. The number of ketones is 1. The Labute approximate surface area is 179 Å². The minimum Gasteiger partial charge on any atom is -0.324 e. The van der Waals surface area contributed by atoms with Crippen LogP contribution in [0.1, 0.15) is 27.4 Å². The molecule has 0 bridgehead atoms. The number of amides is 1. The number of pyridine rings is 1. The summed E-state index contributed by atoms with van der Waals surface area (Å²) < 4.78 is 0. The van der Waals surface area contributed by atoms with Crippen molar-refractivity contribution in [3.05, 3.63) is 94.8 Å². The van der Waals surface area contributed by atoms with Crippen molar-refractivity contribution in [1.82, 2.24) is 9.88 Å². The van der Waals surface area contributed by atoms with E-state index >= 15 is 0 Å². The largest absolute Gasteiger partial charge is 0.324 e. The van der Waals surface area contributed by atoms with Gasteiger partial charge in [-0.2, -0.15) is 0 Å². The van der Waals surface area contributed by atoms with Crippen molar-refractivity contribution >= 4 is 29.0 Å². The molecule has 30 heavy (non-hydrogen) atoms. The molecule has 1 spiro atoms. The molecular formula is C24H20ClN3O2. The fourth-order valence-electron chi connectivity index (χ4n) is 5.09. The lowest BCUT2D eigenvalue weighted by Gasteiger charge is -2.35. The van der Waals surface area contributed by atoms with E-state index in [2.05, 4.69) is 10.3 Å². The number of likely N-dealkylation sites (tertiary alicyclic amines) is 1. The number of halogens is 1. The zero-order valence-corrected chi connectivity index (χ0v) is 17.1. The maximum absolute atomic E-state index is 13.9. The molecular weight excluding hydrogens is 398 g/mol. The lowest BCUT2D eigenvalue weighted by atomic mass is 9.70. The molecule has 3 atom stereocenters. The van der Waals surface area contributed by atoms with Crippen LogP contribution in [0.25, 0.3) is 0 Å². The van der Waals surface area contributed by atoms with Gasteiger partial charge in [0.15, 0.2) is 5.78 Å². The molecule has 0 aliphatic carbocycles. The van der Waals surface area contributed by atoms with Crippen molar-refractivity contribution in [3.8, 4) is 0 Å². The first-order valence-corrected chi connectivity index (χ1v) is 10.2. The SMILES string of the molecule is CN1C[C@H](c2ccc(Cl)cc2)[C@@H](C(=O)c2cccnc2)[C@]12C(=O)Nc1ccccc12. The van der Waals surface area contributed by atoms with E-state index in [-0.39, 0.29) is 17.6 Å². The summed E-state index contributed by atoms with van der Waals surface area (Å²) in [6.07, 6.45) is 3.22. The zero-order valence-electron chi connectivity index (χ0n) is 16.4. The Bertz CT molecular complexity index is 1130. The molecule has 5 nitrogen and oxygen atoms in total. The van der Waals surface area contributed by atoms with Crippen LogP contribution in [0.2, 0.25) is 5.02 Å². The van der Waals surface area contributed by atoms with Gasteiger partial charge in [-0.05, 0) is 42.9 Å². The monoisotopic (exact) mass is 417 g/mol. The van der Waals surface area contributed by atoms with Crippen LogP contribution >= 0.6 is 11.6 Å². The molecule has 1 saturated heterocycles. The second kappa shape index (κ2) is 7.04. The van der Waals surface area contributed by atoms with Gasteiger partial charge in [-0.3, -0.25) is 19.5 Å². The number of likely N-dealkylation sites (N-methyl/N-ethyl adjacent to an activating group) is 1. The maximum atomic E-state index is 13.9. The van der Waals surface area contributed by atoms with Gasteiger partial charge in [-0.15, -0.1) is 0 Å². The van der Waals surface area contributed by atoms with Gasteiger partial charge >= 0.3 is 0 Å². The number of benzene rings is 2. The van der Waals surface area contributed by atoms with E-state index < -0.39 is 11.5 Å². The molecule has 2 aromatic carbocycles. The van der Waals surface area contributed by atoms with Gasteiger partial charge in [0.2, 0.25) is 5.91 Å². The van der Waals surface area contributed by atoms with Crippen LogP contribution in [0.5, 0.6) is 0 Å². The molecule has 1 N–H and O–H groups in total. The van der Waals surface area contributed by atoms with Crippen LogP contribution in [0.3, 0.4) is 0 Å². The van der Waals surface area contributed by atoms with Gasteiger partial charge in [-0.25, -0.2) is 0 Å². The third kappa shape index (κ3) is 2.62. The summed E-state index contributed by atoms with van der Waals surface area (Å²) in [5.74, 6) is -1.02. The number of hydrogen-bond acceptors (Lipinski definition) is 4. The van der Waals surface area contributed by atoms with Crippen molar-refractivity contribution in [2.24, 2.45) is 5.92 Å². The highest BCUT2D eigenvalue weighted by Gasteiger charge is 2.64. The highest BCUT2D eigenvalue weighted by atomic mass is 35.5. The maximum Gasteiger partial charge on any atom is 0.250 e. The number of anilines is 1. The summed E-state index contributed by atoms with van der Waals surface area (Å²) in [5.41, 5.74) is 2.02. The van der Waals surface area contributed by atoms with Gasteiger partial charge < -0.3 is 5.32 Å². The predicted octanol–water partition coefficient (Wildman–Crippen LogP) is 4.11.